The average Bonchev–Trinajstić information content (AvgIpc) is 2.57. The highest BCUT2D eigenvalue weighted by Gasteiger charge is 2.38. The van der Waals surface area contributed by atoms with Crippen molar-refractivity contribution >= 4 is 0 Å². The van der Waals surface area contributed by atoms with Crippen LogP contribution in [0, 0.1) is 0 Å². The predicted molar refractivity (Wildman–Crippen MR) is 91.8 cm³/mol. The second kappa shape index (κ2) is 7.87. The molecule has 0 bridgehead atoms. The number of rotatable bonds is 8. The molecular weight excluding hydrogens is 274 g/mol. The van der Waals surface area contributed by atoms with E-state index in [4.69, 9.17) is 9.47 Å². The number of ether oxygens (including phenoxy) is 2. The normalized spacial score (nSPS) is 19.4. The maximum absolute atomic E-state index is 6.40. The van der Waals surface area contributed by atoms with Gasteiger partial charge in [0.1, 0.15) is 17.1 Å². The van der Waals surface area contributed by atoms with Crippen molar-refractivity contribution < 1.29 is 9.47 Å². The van der Waals surface area contributed by atoms with Crippen LogP contribution in [0.2, 0.25) is 0 Å². The van der Waals surface area contributed by atoms with E-state index in [0.717, 1.165) is 37.3 Å². The molecule has 22 heavy (non-hydrogen) atoms. The van der Waals surface area contributed by atoms with E-state index < -0.39 is 0 Å². The molecule has 1 aliphatic rings. The lowest BCUT2D eigenvalue weighted by Gasteiger charge is -2.42. The summed E-state index contributed by atoms with van der Waals surface area (Å²) in [6, 6.07) is 6.61. The third-order valence-corrected chi connectivity index (χ3v) is 4.96. The molecule has 3 heteroatoms. The van der Waals surface area contributed by atoms with E-state index in [2.05, 4.69) is 32.2 Å². The molecule has 1 atom stereocenters. The van der Waals surface area contributed by atoms with Crippen LogP contribution in [-0.2, 0) is 0 Å². The molecule has 1 aromatic rings. The molecule has 1 aliphatic heterocycles. The summed E-state index contributed by atoms with van der Waals surface area (Å²) in [6.07, 6.45) is 6.91. The second-order valence-corrected chi connectivity index (χ2v) is 6.31. The van der Waals surface area contributed by atoms with Crippen molar-refractivity contribution in [3.05, 3.63) is 23.8 Å². The number of nitrogens with one attached hydrogen (secondary N) is 1. The smallest absolute Gasteiger partial charge is 0.128 e. The fraction of sp³-hybridized carbons (Fsp3) is 0.684. The highest BCUT2D eigenvalue weighted by atomic mass is 16.5. The third kappa shape index (κ3) is 3.75. The lowest BCUT2D eigenvalue weighted by Crippen LogP contribution is -2.43. The lowest BCUT2D eigenvalue weighted by molar-refractivity contribution is 0.0226. The van der Waals surface area contributed by atoms with Gasteiger partial charge >= 0.3 is 0 Å². The first-order valence-corrected chi connectivity index (χ1v) is 8.78. The molecule has 2 rings (SSSR count). The number of hydrogen-bond acceptors (Lipinski definition) is 3. The van der Waals surface area contributed by atoms with Crippen molar-refractivity contribution in [2.45, 2.75) is 70.9 Å². The van der Waals surface area contributed by atoms with Crippen LogP contribution in [0.1, 0.15) is 70.9 Å². The molecule has 1 aromatic carbocycles. The SMILES string of the molecule is CCCCCNC1CC(CC)(CC)Oc2cc(OC)ccc21. The Morgan fingerprint density at radius 2 is 2.00 bits per heavy atom. The van der Waals surface area contributed by atoms with Crippen molar-refractivity contribution in [3.8, 4) is 11.5 Å². The first kappa shape index (κ1) is 17.1. The molecule has 0 saturated heterocycles. The van der Waals surface area contributed by atoms with Gasteiger partial charge in [0.2, 0.25) is 0 Å². The van der Waals surface area contributed by atoms with Crippen LogP contribution in [0.25, 0.3) is 0 Å². The Hall–Kier alpha value is -1.22. The van der Waals surface area contributed by atoms with E-state index in [-0.39, 0.29) is 5.60 Å². The standard InChI is InChI=1S/C19H31NO2/c1-5-8-9-12-20-17-14-19(6-2,7-3)22-18-13-15(21-4)10-11-16(17)18/h10-11,13,17,20H,5-9,12,14H2,1-4H3. The minimum absolute atomic E-state index is 0.0538. The van der Waals surface area contributed by atoms with Crippen molar-refractivity contribution in [1.29, 1.82) is 0 Å². The molecule has 1 heterocycles. The average molecular weight is 305 g/mol. The Morgan fingerprint density at radius 3 is 2.64 bits per heavy atom. The van der Waals surface area contributed by atoms with E-state index in [9.17, 15) is 0 Å². The van der Waals surface area contributed by atoms with Gasteiger partial charge in [-0.1, -0.05) is 39.7 Å². The summed E-state index contributed by atoms with van der Waals surface area (Å²) in [7, 11) is 1.71. The maximum Gasteiger partial charge on any atom is 0.128 e. The number of fused-ring (bicyclic) bond motifs is 1. The lowest BCUT2D eigenvalue weighted by atomic mass is 9.83. The molecule has 0 spiro atoms. The number of unbranched alkanes of at least 4 members (excludes halogenated alkanes) is 2. The zero-order valence-electron chi connectivity index (χ0n) is 14.6. The molecular formula is C19H31NO2. The van der Waals surface area contributed by atoms with E-state index in [1.165, 1.54) is 24.8 Å². The summed E-state index contributed by atoms with van der Waals surface area (Å²) in [5, 5.41) is 3.75. The predicted octanol–water partition coefficient (Wildman–Crippen LogP) is 4.86. The van der Waals surface area contributed by atoms with Gasteiger partial charge in [-0.05, 0) is 31.9 Å². The molecule has 1 unspecified atom stereocenters. The first-order chi connectivity index (χ1) is 10.7. The molecule has 124 valence electrons. The van der Waals surface area contributed by atoms with Gasteiger partial charge in [0.25, 0.3) is 0 Å². The highest BCUT2D eigenvalue weighted by Crippen LogP contribution is 2.44. The monoisotopic (exact) mass is 305 g/mol. The fourth-order valence-electron chi connectivity index (χ4n) is 3.29. The number of hydrogen-bond donors (Lipinski definition) is 1. The van der Waals surface area contributed by atoms with Crippen LogP contribution < -0.4 is 14.8 Å². The van der Waals surface area contributed by atoms with Gasteiger partial charge in [0.15, 0.2) is 0 Å². The summed E-state index contributed by atoms with van der Waals surface area (Å²) in [6.45, 7) is 7.77. The van der Waals surface area contributed by atoms with Gasteiger partial charge in [-0.15, -0.1) is 0 Å². The van der Waals surface area contributed by atoms with Gasteiger partial charge in [-0.3, -0.25) is 0 Å². The van der Waals surface area contributed by atoms with Crippen LogP contribution in [0.5, 0.6) is 11.5 Å². The highest BCUT2D eigenvalue weighted by molar-refractivity contribution is 5.44. The Bertz CT molecular complexity index is 469. The van der Waals surface area contributed by atoms with Crippen LogP contribution in [0.3, 0.4) is 0 Å². The van der Waals surface area contributed by atoms with Crippen molar-refractivity contribution in [2.24, 2.45) is 0 Å². The maximum atomic E-state index is 6.40. The summed E-state index contributed by atoms with van der Waals surface area (Å²) < 4.78 is 11.8. The second-order valence-electron chi connectivity index (χ2n) is 6.31. The van der Waals surface area contributed by atoms with Gasteiger partial charge < -0.3 is 14.8 Å². The van der Waals surface area contributed by atoms with E-state index in [1.54, 1.807) is 7.11 Å². The Morgan fingerprint density at radius 1 is 1.23 bits per heavy atom. The van der Waals surface area contributed by atoms with Gasteiger partial charge in [0, 0.05) is 24.1 Å². The summed E-state index contributed by atoms with van der Waals surface area (Å²) in [5.74, 6) is 1.86. The van der Waals surface area contributed by atoms with Crippen LogP contribution in [-0.4, -0.2) is 19.3 Å². The van der Waals surface area contributed by atoms with Gasteiger partial charge in [-0.2, -0.15) is 0 Å². The minimum atomic E-state index is -0.0538. The van der Waals surface area contributed by atoms with E-state index >= 15 is 0 Å². The topological polar surface area (TPSA) is 30.5 Å². The molecule has 0 aliphatic carbocycles. The third-order valence-electron chi connectivity index (χ3n) is 4.96. The first-order valence-electron chi connectivity index (χ1n) is 8.78. The van der Waals surface area contributed by atoms with Crippen molar-refractivity contribution in [1.82, 2.24) is 5.32 Å². The van der Waals surface area contributed by atoms with E-state index in [1.807, 2.05) is 12.1 Å². The fourth-order valence-corrected chi connectivity index (χ4v) is 3.29. The molecule has 0 saturated carbocycles. The molecule has 0 aromatic heterocycles. The Kier molecular flexibility index (Phi) is 6.13. The van der Waals surface area contributed by atoms with Crippen molar-refractivity contribution in [2.75, 3.05) is 13.7 Å². The zero-order valence-corrected chi connectivity index (χ0v) is 14.6. The Balaban J connectivity index is 2.21. The molecule has 0 fully saturated rings. The summed E-state index contributed by atoms with van der Waals surface area (Å²) in [5.41, 5.74) is 1.22. The summed E-state index contributed by atoms with van der Waals surface area (Å²) >= 11 is 0. The quantitative estimate of drug-likeness (QED) is 0.696. The largest absolute Gasteiger partial charge is 0.497 e. The van der Waals surface area contributed by atoms with Gasteiger partial charge in [0.05, 0.1) is 7.11 Å². The number of benzene rings is 1. The molecule has 3 nitrogen and oxygen atoms in total. The van der Waals surface area contributed by atoms with Crippen LogP contribution >= 0.6 is 0 Å². The number of methoxy groups -OCH3 is 1. The molecule has 1 N–H and O–H groups in total. The Labute approximate surface area is 135 Å². The van der Waals surface area contributed by atoms with Crippen LogP contribution in [0.15, 0.2) is 18.2 Å². The zero-order chi connectivity index (χ0) is 16.0. The van der Waals surface area contributed by atoms with Crippen LogP contribution in [0.4, 0.5) is 0 Å². The minimum Gasteiger partial charge on any atom is -0.497 e. The molecule has 0 amide bonds. The molecule has 0 radical (unpaired) electrons. The summed E-state index contributed by atoms with van der Waals surface area (Å²) in [4.78, 5) is 0. The van der Waals surface area contributed by atoms with Gasteiger partial charge in [-0.25, -0.2) is 0 Å². The van der Waals surface area contributed by atoms with Crippen molar-refractivity contribution in [3.63, 3.8) is 0 Å². The van der Waals surface area contributed by atoms with E-state index in [0.29, 0.717) is 6.04 Å².